The largest absolute Gasteiger partial charge is 0.489 e. The van der Waals surface area contributed by atoms with Crippen molar-refractivity contribution in [2.45, 2.75) is 32.3 Å². The van der Waals surface area contributed by atoms with Crippen molar-refractivity contribution in [1.29, 1.82) is 0 Å². The number of nitrogens with zero attached hydrogens (tertiary/aromatic N) is 2. The standard InChI is InChI=1S/C18H24N2O3/c1-14(21)19-10-7-15(8-11-19)18(22)20-12-9-17(13-20)23-16-5-3-2-4-6-16/h2-6,15,17H,7-13H2,1H3/t17-/m0/s1. The van der Waals surface area contributed by atoms with Gasteiger partial charge in [0.2, 0.25) is 11.8 Å². The highest BCUT2D eigenvalue weighted by Gasteiger charge is 2.33. The lowest BCUT2D eigenvalue weighted by molar-refractivity contribution is -0.139. The molecule has 2 amide bonds. The van der Waals surface area contributed by atoms with E-state index < -0.39 is 0 Å². The minimum absolute atomic E-state index is 0.0566. The van der Waals surface area contributed by atoms with Crippen molar-refractivity contribution in [3.63, 3.8) is 0 Å². The average molecular weight is 316 g/mol. The van der Waals surface area contributed by atoms with Crippen LogP contribution in [0.3, 0.4) is 0 Å². The van der Waals surface area contributed by atoms with E-state index in [0.29, 0.717) is 19.6 Å². The third-order valence-corrected chi connectivity index (χ3v) is 4.79. The first-order valence-electron chi connectivity index (χ1n) is 8.39. The van der Waals surface area contributed by atoms with Crippen LogP contribution in [0, 0.1) is 5.92 Å². The van der Waals surface area contributed by atoms with E-state index in [1.54, 1.807) is 6.92 Å². The summed E-state index contributed by atoms with van der Waals surface area (Å²) in [6.07, 6.45) is 2.52. The maximum atomic E-state index is 12.6. The minimum atomic E-state index is 0.0566. The number of amides is 2. The predicted octanol–water partition coefficient (Wildman–Crippen LogP) is 1.92. The van der Waals surface area contributed by atoms with Gasteiger partial charge in [-0.3, -0.25) is 9.59 Å². The molecule has 0 aliphatic carbocycles. The van der Waals surface area contributed by atoms with E-state index in [9.17, 15) is 9.59 Å². The summed E-state index contributed by atoms with van der Waals surface area (Å²) in [5.74, 6) is 1.25. The van der Waals surface area contributed by atoms with E-state index in [4.69, 9.17) is 4.74 Å². The Labute approximate surface area is 137 Å². The smallest absolute Gasteiger partial charge is 0.225 e. The molecule has 124 valence electrons. The number of rotatable bonds is 3. The third-order valence-electron chi connectivity index (χ3n) is 4.79. The summed E-state index contributed by atoms with van der Waals surface area (Å²) in [6, 6.07) is 9.76. The van der Waals surface area contributed by atoms with Crippen LogP contribution in [0.2, 0.25) is 0 Å². The molecule has 23 heavy (non-hydrogen) atoms. The third kappa shape index (κ3) is 3.84. The van der Waals surface area contributed by atoms with Gasteiger partial charge in [-0.2, -0.15) is 0 Å². The highest BCUT2D eigenvalue weighted by atomic mass is 16.5. The molecule has 2 saturated heterocycles. The van der Waals surface area contributed by atoms with Crippen molar-refractivity contribution in [3.05, 3.63) is 30.3 Å². The van der Waals surface area contributed by atoms with Gasteiger partial charge >= 0.3 is 0 Å². The van der Waals surface area contributed by atoms with Gasteiger partial charge in [0.1, 0.15) is 11.9 Å². The molecular weight excluding hydrogens is 292 g/mol. The average Bonchev–Trinajstić information content (AvgIpc) is 3.03. The Morgan fingerprint density at radius 2 is 1.65 bits per heavy atom. The van der Waals surface area contributed by atoms with Crippen LogP contribution in [0.4, 0.5) is 0 Å². The molecule has 0 bridgehead atoms. The van der Waals surface area contributed by atoms with Gasteiger partial charge in [-0.15, -0.1) is 0 Å². The zero-order valence-corrected chi connectivity index (χ0v) is 13.6. The van der Waals surface area contributed by atoms with E-state index in [2.05, 4.69) is 0 Å². The number of hydrogen-bond acceptors (Lipinski definition) is 3. The van der Waals surface area contributed by atoms with Crippen LogP contribution in [0.1, 0.15) is 26.2 Å². The fraction of sp³-hybridized carbons (Fsp3) is 0.556. The fourth-order valence-corrected chi connectivity index (χ4v) is 3.42. The highest BCUT2D eigenvalue weighted by Crippen LogP contribution is 2.24. The Morgan fingerprint density at radius 1 is 1.00 bits per heavy atom. The van der Waals surface area contributed by atoms with Gasteiger partial charge in [0.15, 0.2) is 0 Å². The first-order valence-corrected chi connectivity index (χ1v) is 8.39. The van der Waals surface area contributed by atoms with Crippen LogP contribution in [-0.4, -0.2) is 53.9 Å². The predicted molar refractivity (Wildman–Crippen MR) is 87.0 cm³/mol. The van der Waals surface area contributed by atoms with Crippen molar-refractivity contribution in [1.82, 2.24) is 9.80 Å². The van der Waals surface area contributed by atoms with Gasteiger partial charge in [-0.05, 0) is 25.0 Å². The maximum Gasteiger partial charge on any atom is 0.225 e. The van der Waals surface area contributed by atoms with Crippen LogP contribution in [-0.2, 0) is 9.59 Å². The molecule has 1 aromatic carbocycles. The number of likely N-dealkylation sites (tertiary alicyclic amines) is 2. The van der Waals surface area contributed by atoms with Crippen LogP contribution in [0.25, 0.3) is 0 Å². The fourth-order valence-electron chi connectivity index (χ4n) is 3.42. The summed E-state index contributed by atoms with van der Waals surface area (Å²) in [6.45, 7) is 4.42. The van der Waals surface area contributed by atoms with Crippen molar-refractivity contribution in [3.8, 4) is 5.75 Å². The van der Waals surface area contributed by atoms with E-state index in [0.717, 1.165) is 31.6 Å². The molecule has 1 atom stereocenters. The van der Waals surface area contributed by atoms with Gasteiger partial charge in [0.25, 0.3) is 0 Å². The molecule has 1 aromatic rings. The number of piperidine rings is 1. The lowest BCUT2D eigenvalue weighted by Crippen LogP contribution is -2.43. The molecule has 2 fully saturated rings. The second-order valence-corrected chi connectivity index (χ2v) is 6.41. The van der Waals surface area contributed by atoms with Gasteiger partial charge in [0.05, 0.1) is 6.54 Å². The molecule has 0 aromatic heterocycles. The maximum absolute atomic E-state index is 12.6. The second-order valence-electron chi connectivity index (χ2n) is 6.41. The molecule has 0 radical (unpaired) electrons. The van der Waals surface area contributed by atoms with E-state index in [1.807, 2.05) is 40.1 Å². The number of ether oxygens (including phenoxy) is 1. The van der Waals surface area contributed by atoms with Crippen LogP contribution >= 0.6 is 0 Å². The molecule has 5 nitrogen and oxygen atoms in total. The zero-order valence-electron chi connectivity index (χ0n) is 13.6. The Hall–Kier alpha value is -2.04. The molecule has 5 heteroatoms. The quantitative estimate of drug-likeness (QED) is 0.856. The van der Waals surface area contributed by atoms with E-state index >= 15 is 0 Å². The second kappa shape index (κ2) is 7.02. The summed E-state index contributed by atoms with van der Waals surface area (Å²) >= 11 is 0. The van der Waals surface area contributed by atoms with E-state index in [-0.39, 0.29) is 23.8 Å². The SMILES string of the molecule is CC(=O)N1CCC(C(=O)N2CC[C@H](Oc3ccccc3)C2)CC1. The summed E-state index contributed by atoms with van der Waals surface area (Å²) in [4.78, 5) is 27.8. The van der Waals surface area contributed by atoms with Gasteiger partial charge in [-0.1, -0.05) is 18.2 Å². The molecule has 0 saturated carbocycles. The molecule has 2 heterocycles. The molecule has 0 unspecified atom stereocenters. The van der Waals surface area contributed by atoms with Crippen LogP contribution in [0.15, 0.2) is 30.3 Å². The summed E-state index contributed by atoms with van der Waals surface area (Å²) in [5, 5.41) is 0. The van der Waals surface area contributed by atoms with Crippen LogP contribution in [0.5, 0.6) is 5.75 Å². The molecule has 3 rings (SSSR count). The topological polar surface area (TPSA) is 49.9 Å². The lowest BCUT2D eigenvalue weighted by atomic mass is 9.95. The summed E-state index contributed by atoms with van der Waals surface area (Å²) in [7, 11) is 0. The first kappa shape index (κ1) is 15.8. The van der Waals surface area contributed by atoms with Crippen molar-refractivity contribution in [2.75, 3.05) is 26.2 Å². The Bertz CT molecular complexity index is 553. The molecular formula is C18H24N2O3. The lowest BCUT2D eigenvalue weighted by Gasteiger charge is -2.32. The van der Waals surface area contributed by atoms with E-state index in [1.165, 1.54) is 0 Å². The highest BCUT2D eigenvalue weighted by molar-refractivity contribution is 5.80. The van der Waals surface area contributed by atoms with Crippen molar-refractivity contribution in [2.24, 2.45) is 5.92 Å². The monoisotopic (exact) mass is 316 g/mol. The zero-order chi connectivity index (χ0) is 16.2. The van der Waals surface area contributed by atoms with Gasteiger partial charge in [0, 0.05) is 38.9 Å². The summed E-state index contributed by atoms with van der Waals surface area (Å²) < 4.78 is 5.94. The molecule has 0 N–H and O–H groups in total. The molecule has 2 aliphatic heterocycles. The number of benzene rings is 1. The Kier molecular flexibility index (Phi) is 4.84. The number of carbonyl (C=O) groups excluding carboxylic acids is 2. The van der Waals surface area contributed by atoms with Gasteiger partial charge < -0.3 is 14.5 Å². The van der Waals surface area contributed by atoms with Gasteiger partial charge in [-0.25, -0.2) is 0 Å². The first-order chi connectivity index (χ1) is 11.1. The number of carbonyl (C=O) groups is 2. The number of para-hydroxylation sites is 1. The molecule has 0 spiro atoms. The number of hydrogen-bond donors (Lipinski definition) is 0. The molecule has 2 aliphatic rings. The normalized spacial score (nSPS) is 22.2. The van der Waals surface area contributed by atoms with Crippen LogP contribution < -0.4 is 4.74 Å². The minimum Gasteiger partial charge on any atom is -0.489 e. The van der Waals surface area contributed by atoms with Crippen molar-refractivity contribution < 1.29 is 14.3 Å². The Balaban J connectivity index is 1.49. The Morgan fingerprint density at radius 3 is 2.30 bits per heavy atom. The van der Waals surface area contributed by atoms with Crippen molar-refractivity contribution >= 4 is 11.8 Å². The summed E-state index contributed by atoms with van der Waals surface area (Å²) in [5.41, 5.74) is 0.